The predicted octanol–water partition coefficient (Wildman–Crippen LogP) is 3.71. The minimum Gasteiger partial charge on any atom is -0.381 e. The van der Waals surface area contributed by atoms with E-state index in [1.165, 1.54) is 6.26 Å². The van der Waals surface area contributed by atoms with Crippen molar-refractivity contribution < 1.29 is 17.9 Å². The zero-order chi connectivity index (χ0) is 23.1. The highest BCUT2D eigenvalue weighted by molar-refractivity contribution is 7.90. The minimum absolute atomic E-state index is 0.318. The number of benzene rings is 2. The zero-order valence-electron chi connectivity index (χ0n) is 19.5. The van der Waals surface area contributed by atoms with Crippen LogP contribution < -0.4 is 9.80 Å². The van der Waals surface area contributed by atoms with Crippen LogP contribution in [0.4, 0.5) is 11.4 Å². The van der Waals surface area contributed by atoms with E-state index < -0.39 is 21.0 Å². The molecule has 2 aliphatic heterocycles. The van der Waals surface area contributed by atoms with Crippen LogP contribution in [0.2, 0.25) is 0 Å². The summed E-state index contributed by atoms with van der Waals surface area (Å²) in [6, 6.07) is 13.8. The molecule has 1 fully saturated rings. The van der Waals surface area contributed by atoms with E-state index in [0.29, 0.717) is 24.7 Å². The summed E-state index contributed by atoms with van der Waals surface area (Å²) in [5, 5.41) is 0. The standard InChI is InChI=1S/C25H32N2O4S/c1-6-30-18-24(2)22-17-21(32(5,28)29)11-12-23(22)27-15-16-31-25(24,27)14-13-19-7-9-20(10-8-19)26(3)4/h7-14,17H,6,15-16,18H2,1-5H3. The van der Waals surface area contributed by atoms with Gasteiger partial charge in [-0.1, -0.05) is 18.2 Å². The summed E-state index contributed by atoms with van der Waals surface area (Å²) in [5.41, 5.74) is 2.84. The van der Waals surface area contributed by atoms with Crippen LogP contribution in [-0.2, 0) is 24.7 Å². The lowest BCUT2D eigenvalue weighted by Gasteiger charge is -2.42. The maximum absolute atomic E-state index is 12.3. The molecule has 32 heavy (non-hydrogen) atoms. The third-order valence-electron chi connectivity index (χ3n) is 6.62. The number of rotatable bonds is 7. The Balaban J connectivity index is 1.81. The van der Waals surface area contributed by atoms with Crippen LogP contribution in [-0.4, -0.2) is 60.9 Å². The number of sulfone groups is 1. The monoisotopic (exact) mass is 456 g/mol. The topological polar surface area (TPSA) is 59.1 Å². The van der Waals surface area contributed by atoms with E-state index in [4.69, 9.17) is 9.47 Å². The molecule has 6 nitrogen and oxygen atoms in total. The Bertz CT molecular complexity index is 1130. The predicted molar refractivity (Wildman–Crippen MR) is 129 cm³/mol. The molecule has 0 amide bonds. The number of anilines is 2. The zero-order valence-corrected chi connectivity index (χ0v) is 20.3. The number of hydrogen-bond donors (Lipinski definition) is 0. The van der Waals surface area contributed by atoms with Crippen LogP contribution in [0.25, 0.3) is 6.08 Å². The summed E-state index contributed by atoms with van der Waals surface area (Å²) in [5.74, 6) is 0. The Hall–Kier alpha value is -2.35. The lowest BCUT2D eigenvalue weighted by Crippen LogP contribution is -2.55. The van der Waals surface area contributed by atoms with Crippen molar-refractivity contribution in [1.82, 2.24) is 0 Å². The molecule has 0 aromatic heterocycles. The second-order valence-electron chi connectivity index (χ2n) is 8.94. The fourth-order valence-corrected chi connectivity index (χ4v) is 5.46. The number of ether oxygens (including phenoxy) is 2. The van der Waals surface area contributed by atoms with Gasteiger partial charge < -0.3 is 19.3 Å². The van der Waals surface area contributed by atoms with Gasteiger partial charge in [0.15, 0.2) is 15.6 Å². The SMILES string of the molecule is CCOCC1(C)c2cc(S(C)(=O)=O)ccc2N2CCOC21C=Cc1ccc(N(C)C)cc1. The van der Waals surface area contributed by atoms with E-state index in [1.54, 1.807) is 12.1 Å². The van der Waals surface area contributed by atoms with E-state index in [-0.39, 0.29) is 0 Å². The summed E-state index contributed by atoms with van der Waals surface area (Å²) in [6.45, 7) is 6.40. The van der Waals surface area contributed by atoms with Crippen molar-refractivity contribution >= 4 is 27.3 Å². The first kappa shape index (κ1) is 22.8. The number of nitrogens with zero attached hydrogens (tertiary/aromatic N) is 2. The maximum atomic E-state index is 12.3. The summed E-state index contributed by atoms with van der Waals surface area (Å²) in [7, 11) is 0.716. The van der Waals surface area contributed by atoms with Crippen molar-refractivity contribution in [1.29, 1.82) is 0 Å². The van der Waals surface area contributed by atoms with Gasteiger partial charge in [-0.2, -0.15) is 0 Å². The van der Waals surface area contributed by atoms with Crippen molar-refractivity contribution in [3.05, 3.63) is 59.7 Å². The molecular weight excluding hydrogens is 424 g/mol. The van der Waals surface area contributed by atoms with Crippen molar-refractivity contribution in [2.45, 2.75) is 29.9 Å². The molecule has 2 aliphatic rings. The van der Waals surface area contributed by atoms with E-state index in [2.05, 4.69) is 53.1 Å². The highest BCUT2D eigenvalue weighted by atomic mass is 32.2. The van der Waals surface area contributed by atoms with Crippen LogP contribution in [0.3, 0.4) is 0 Å². The minimum atomic E-state index is -3.33. The molecule has 172 valence electrons. The Morgan fingerprint density at radius 3 is 2.53 bits per heavy atom. The molecule has 2 heterocycles. The summed E-state index contributed by atoms with van der Waals surface area (Å²) < 4.78 is 37.0. The summed E-state index contributed by atoms with van der Waals surface area (Å²) >= 11 is 0. The third kappa shape index (κ3) is 3.62. The van der Waals surface area contributed by atoms with Crippen LogP contribution >= 0.6 is 0 Å². The van der Waals surface area contributed by atoms with E-state index >= 15 is 0 Å². The van der Waals surface area contributed by atoms with Gasteiger partial charge in [0.1, 0.15) is 0 Å². The average molecular weight is 457 g/mol. The van der Waals surface area contributed by atoms with Crippen molar-refractivity contribution in [3.8, 4) is 0 Å². The van der Waals surface area contributed by atoms with Gasteiger partial charge in [0.25, 0.3) is 0 Å². The molecule has 0 N–H and O–H groups in total. The molecule has 2 aromatic rings. The number of fused-ring (bicyclic) bond motifs is 3. The maximum Gasteiger partial charge on any atom is 0.175 e. The lowest BCUT2D eigenvalue weighted by molar-refractivity contribution is -0.0427. The third-order valence-corrected chi connectivity index (χ3v) is 7.73. The van der Waals surface area contributed by atoms with Gasteiger partial charge >= 0.3 is 0 Å². The number of hydrogen-bond acceptors (Lipinski definition) is 6. The van der Waals surface area contributed by atoms with Gasteiger partial charge in [-0.25, -0.2) is 8.42 Å². The fraction of sp³-hybridized carbons (Fsp3) is 0.440. The van der Waals surface area contributed by atoms with Gasteiger partial charge in [0.05, 0.1) is 23.5 Å². The highest BCUT2D eigenvalue weighted by Gasteiger charge is 2.61. The Labute approximate surface area is 191 Å². The van der Waals surface area contributed by atoms with E-state index in [0.717, 1.165) is 29.0 Å². The first-order chi connectivity index (χ1) is 15.1. The second-order valence-corrected chi connectivity index (χ2v) is 11.0. The molecule has 0 aliphatic carbocycles. The van der Waals surface area contributed by atoms with Crippen molar-refractivity contribution in [2.24, 2.45) is 0 Å². The molecule has 0 spiro atoms. The van der Waals surface area contributed by atoms with E-state index in [1.807, 2.05) is 27.1 Å². The highest BCUT2D eigenvalue weighted by Crippen LogP contribution is 2.56. The first-order valence-corrected chi connectivity index (χ1v) is 12.8. The quantitative estimate of drug-likeness (QED) is 0.633. The Morgan fingerprint density at radius 1 is 1.19 bits per heavy atom. The van der Waals surface area contributed by atoms with E-state index in [9.17, 15) is 8.42 Å². The van der Waals surface area contributed by atoms with Gasteiger partial charge in [-0.05, 0) is 61.4 Å². The van der Waals surface area contributed by atoms with Crippen LogP contribution in [0.5, 0.6) is 0 Å². The summed E-state index contributed by atoms with van der Waals surface area (Å²) in [4.78, 5) is 4.64. The molecule has 2 atom stereocenters. The fourth-order valence-electron chi connectivity index (χ4n) is 4.81. The molecule has 0 bridgehead atoms. The molecule has 0 saturated carbocycles. The van der Waals surface area contributed by atoms with Crippen LogP contribution in [0.15, 0.2) is 53.4 Å². The lowest BCUT2D eigenvalue weighted by atomic mass is 9.76. The average Bonchev–Trinajstić information content (AvgIpc) is 3.27. The Morgan fingerprint density at radius 2 is 1.91 bits per heavy atom. The van der Waals surface area contributed by atoms with Gasteiger partial charge in [-0.3, -0.25) is 0 Å². The molecule has 1 saturated heterocycles. The van der Waals surface area contributed by atoms with Gasteiger partial charge in [0, 0.05) is 44.9 Å². The molecule has 2 aromatic carbocycles. The molecule has 7 heteroatoms. The molecule has 4 rings (SSSR count). The smallest absolute Gasteiger partial charge is 0.175 e. The Kier molecular flexibility index (Phi) is 5.86. The molecule has 2 unspecified atom stereocenters. The molecule has 0 radical (unpaired) electrons. The normalized spacial score (nSPS) is 24.7. The van der Waals surface area contributed by atoms with Crippen LogP contribution in [0.1, 0.15) is 25.0 Å². The largest absolute Gasteiger partial charge is 0.381 e. The second kappa shape index (κ2) is 8.21. The van der Waals surface area contributed by atoms with Gasteiger partial charge in [0.2, 0.25) is 0 Å². The van der Waals surface area contributed by atoms with Crippen molar-refractivity contribution in [3.63, 3.8) is 0 Å². The van der Waals surface area contributed by atoms with Crippen molar-refractivity contribution in [2.75, 3.05) is 56.5 Å². The van der Waals surface area contributed by atoms with Crippen LogP contribution in [0, 0.1) is 0 Å². The first-order valence-electron chi connectivity index (χ1n) is 10.9. The van der Waals surface area contributed by atoms with Gasteiger partial charge in [-0.15, -0.1) is 0 Å². The molecular formula is C25H32N2O4S. The summed E-state index contributed by atoms with van der Waals surface area (Å²) in [6.07, 6.45) is 5.45.